The van der Waals surface area contributed by atoms with Gasteiger partial charge in [0.1, 0.15) is 0 Å². The molecule has 0 saturated heterocycles. The minimum Gasteiger partial charge on any atom is -0.333 e. The highest BCUT2D eigenvalue weighted by Crippen LogP contribution is 2.10. The number of aryl methyl sites for hydroxylation is 1. The smallest absolute Gasteiger partial charge is 0.319 e. The van der Waals surface area contributed by atoms with E-state index < -0.39 is 0 Å². The second kappa shape index (κ2) is 6.88. The van der Waals surface area contributed by atoms with Gasteiger partial charge in [-0.25, -0.2) is 4.79 Å². The SMILES string of the molecule is Cc1cccc(NC(=O)NC(Cn2nccn2)C(C)C)c1. The molecule has 0 saturated carbocycles. The molecule has 0 bridgehead atoms. The van der Waals surface area contributed by atoms with Gasteiger partial charge in [-0.15, -0.1) is 0 Å². The zero-order valence-corrected chi connectivity index (χ0v) is 12.6. The molecule has 1 unspecified atom stereocenters. The number of amides is 2. The third-order valence-corrected chi connectivity index (χ3v) is 3.22. The Labute approximate surface area is 124 Å². The van der Waals surface area contributed by atoms with Crippen molar-refractivity contribution in [2.45, 2.75) is 33.4 Å². The summed E-state index contributed by atoms with van der Waals surface area (Å²) in [7, 11) is 0. The fourth-order valence-electron chi connectivity index (χ4n) is 2.00. The van der Waals surface area contributed by atoms with E-state index in [-0.39, 0.29) is 18.0 Å². The number of aromatic nitrogens is 3. The van der Waals surface area contributed by atoms with E-state index in [9.17, 15) is 4.79 Å². The first-order valence-corrected chi connectivity index (χ1v) is 7.03. The van der Waals surface area contributed by atoms with Crippen LogP contribution in [0.1, 0.15) is 19.4 Å². The Morgan fingerprint density at radius 2 is 2.00 bits per heavy atom. The van der Waals surface area contributed by atoms with Crippen molar-refractivity contribution in [1.82, 2.24) is 20.3 Å². The topological polar surface area (TPSA) is 71.8 Å². The largest absolute Gasteiger partial charge is 0.333 e. The summed E-state index contributed by atoms with van der Waals surface area (Å²) in [6.45, 7) is 6.65. The summed E-state index contributed by atoms with van der Waals surface area (Å²) in [6.07, 6.45) is 3.26. The number of benzene rings is 1. The highest BCUT2D eigenvalue weighted by atomic mass is 16.2. The number of hydrogen-bond donors (Lipinski definition) is 2. The molecule has 0 radical (unpaired) electrons. The van der Waals surface area contributed by atoms with Crippen LogP contribution in [0.25, 0.3) is 0 Å². The summed E-state index contributed by atoms with van der Waals surface area (Å²) >= 11 is 0. The van der Waals surface area contributed by atoms with Crippen LogP contribution >= 0.6 is 0 Å². The first kappa shape index (κ1) is 15.0. The molecule has 0 aliphatic carbocycles. The average Bonchev–Trinajstić information content (AvgIpc) is 2.90. The first-order valence-electron chi connectivity index (χ1n) is 7.03. The van der Waals surface area contributed by atoms with Crippen molar-refractivity contribution in [1.29, 1.82) is 0 Å². The third kappa shape index (κ3) is 4.59. The number of rotatable bonds is 5. The van der Waals surface area contributed by atoms with Crippen LogP contribution in [0.5, 0.6) is 0 Å². The van der Waals surface area contributed by atoms with Gasteiger partial charge in [0.05, 0.1) is 25.0 Å². The number of anilines is 1. The maximum absolute atomic E-state index is 12.1. The van der Waals surface area contributed by atoms with Gasteiger partial charge in [0.25, 0.3) is 0 Å². The number of urea groups is 1. The maximum Gasteiger partial charge on any atom is 0.319 e. The Hall–Kier alpha value is -2.37. The molecule has 2 aromatic rings. The molecule has 112 valence electrons. The van der Waals surface area contributed by atoms with Gasteiger partial charge in [-0.2, -0.15) is 15.0 Å². The van der Waals surface area contributed by atoms with Gasteiger partial charge in [0, 0.05) is 5.69 Å². The van der Waals surface area contributed by atoms with Gasteiger partial charge in [-0.3, -0.25) is 0 Å². The van der Waals surface area contributed by atoms with Crippen LogP contribution < -0.4 is 10.6 Å². The summed E-state index contributed by atoms with van der Waals surface area (Å²) in [5.41, 5.74) is 1.89. The van der Waals surface area contributed by atoms with Crippen molar-refractivity contribution in [3.63, 3.8) is 0 Å². The van der Waals surface area contributed by atoms with Crippen molar-refractivity contribution < 1.29 is 4.79 Å². The minimum absolute atomic E-state index is 0.0396. The minimum atomic E-state index is -0.216. The molecule has 0 aliphatic heterocycles. The summed E-state index contributed by atoms with van der Waals surface area (Å²) < 4.78 is 0. The summed E-state index contributed by atoms with van der Waals surface area (Å²) in [4.78, 5) is 13.7. The first-order chi connectivity index (χ1) is 10.0. The molecular weight excluding hydrogens is 266 g/mol. The molecule has 1 atom stereocenters. The van der Waals surface area contributed by atoms with Crippen molar-refractivity contribution in [2.75, 3.05) is 5.32 Å². The molecule has 2 amide bonds. The van der Waals surface area contributed by atoms with Crippen LogP contribution in [0.3, 0.4) is 0 Å². The van der Waals surface area contributed by atoms with Crippen LogP contribution in [0, 0.1) is 12.8 Å². The number of carbonyl (C=O) groups is 1. The molecule has 1 heterocycles. The number of nitrogens with one attached hydrogen (secondary N) is 2. The lowest BCUT2D eigenvalue weighted by molar-refractivity contribution is 0.239. The van der Waals surface area contributed by atoms with E-state index in [2.05, 4.69) is 34.7 Å². The Kier molecular flexibility index (Phi) is 4.92. The molecule has 6 nitrogen and oxygen atoms in total. The maximum atomic E-state index is 12.1. The number of nitrogens with zero attached hydrogens (tertiary/aromatic N) is 3. The molecule has 1 aromatic heterocycles. The monoisotopic (exact) mass is 287 g/mol. The second-order valence-corrected chi connectivity index (χ2v) is 5.40. The Morgan fingerprint density at radius 3 is 2.62 bits per heavy atom. The average molecular weight is 287 g/mol. The van der Waals surface area contributed by atoms with Crippen LogP contribution in [0.15, 0.2) is 36.7 Å². The molecular formula is C15H21N5O. The lowest BCUT2D eigenvalue weighted by Gasteiger charge is -2.22. The van der Waals surface area contributed by atoms with Crippen LogP contribution in [-0.2, 0) is 6.54 Å². The van der Waals surface area contributed by atoms with Gasteiger partial charge < -0.3 is 10.6 Å². The second-order valence-electron chi connectivity index (χ2n) is 5.40. The molecule has 0 spiro atoms. The van der Waals surface area contributed by atoms with Crippen LogP contribution in [0.2, 0.25) is 0 Å². The van der Waals surface area contributed by atoms with E-state index in [1.54, 1.807) is 17.2 Å². The lowest BCUT2D eigenvalue weighted by atomic mass is 10.1. The molecule has 6 heteroatoms. The predicted molar refractivity (Wildman–Crippen MR) is 82.0 cm³/mol. The third-order valence-electron chi connectivity index (χ3n) is 3.22. The molecule has 2 N–H and O–H groups in total. The van der Waals surface area contributed by atoms with Gasteiger partial charge in [0.2, 0.25) is 0 Å². The molecule has 0 aliphatic rings. The lowest BCUT2D eigenvalue weighted by Crippen LogP contribution is -2.44. The summed E-state index contributed by atoms with van der Waals surface area (Å²) in [5.74, 6) is 0.277. The zero-order valence-electron chi connectivity index (χ0n) is 12.6. The van der Waals surface area contributed by atoms with E-state index in [4.69, 9.17) is 0 Å². The van der Waals surface area contributed by atoms with Crippen LogP contribution in [-0.4, -0.2) is 27.1 Å². The molecule has 2 rings (SSSR count). The van der Waals surface area contributed by atoms with Gasteiger partial charge in [0.15, 0.2) is 0 Å². The fourth-order valence-corrected chi connectivity index (χ4v) is 2.00. The van der Waals surface area contributed by atoms with E-state index in [1.807, 2.05) is 31.2 Å². The van der Waals surface area contributed by atoms with Crippen LogP contribution in [0.4, 0.5) is 10.5 Å². The quantitative estimate of drug-likeness (QED) is 0.887. The Bertz CT molecular complexity index is 580. The van der Waals surface area contributed by atoms with Gasteiger partial charge >= 0.3 is 6.03 Å². The Balaban J connectivity index is 1.95. The Morgan fingerprint density at radius 1 is 1.29 bits per heavy atom. The van der Waals surface area contributed by atoms with Gasteiger partial charge in [-0.1, -0.05) is 26.0 Å². The predicted octanol–water partition coefficient (Wildman–Crippen LogP) is 2.43. The number of hydrogen-bond acceptors (Lipinski definition) is 3. The highest BCUT2D eigenvalue weighted by molar-refractivity contribution is 5.89. The summed E-state index contributed by atoms with van der Waals surface area (Å²) in [5, 5.41) is 14.0. The molecule has 0 fully saturated rings. The van der Waals surface area contributed by atoms with E-state index in [0.717, 1.165) is 11.3 Å². The van der Waals surface area contributed by atoms with Crippen molar-refractivity contribution in [2.24, 2.45) is 5.92 Å². The summed E-state index contributed by atoms with van der Waals surface area (Å²) in [6, 6.07) is 7.45. The molecule has 1 aromatic carbocycles. The van der Waals surface area contributed by atoms with E-state index in [0.29, 0.717) is 6.54 Å². The van der Waals surface area contributed by atoms with Crippen molar-refractivity contribution >= 4 is 11.7 Å². The zero-order chi connectivity index (χ0) is 15.2. The standard InChI is InChI=1S/C15H21N5O/c1-11(2)14(10-20-16-7-8-17-20)19-15(21)18-13-6-4-5-12(3)9-13/h4-9,11,14H,10H2,1-3H3,(H2,18,19,21). The normalized spacial score (nSPS) is 12.2. The molecule has 21 heavy (non-hydrogen) atoms. The van der Waals surface area contributed by atoms with E-state index >= 15 is 0 Å². The van der Waals surface area contributed by atoms with E-state index in [1.165, 1.54) is 0 Å². The number of carbonyl (C=O) groups excluding carboxylic acids is 1. The fraction of sp³-hybridized carbons (Fsp3) is 0.400. The van der Waals surface area contributed by atoms with Crippen molar-refractivity contribution in [3.05, 3.63) is 42.2 Å². The highest BCUT2D eigenvalue weighted by Gasteiger charge is 2.17. The van der Waals surface area contributed by atoms with Gasteiger partial charge in [-0.05, 0) is 30.5 Å². The van der Waals surface area contributed by atoms with Crippen molar-refractivity contribution in [3.8, 4) is 0 Å².